The summed E-state index contributed by atoms with van der Waals surface area (Å²) in [5.74, 6) is -0.235. The summed E-state index contributed by atoms with van der Waals surface area (Å²) in [7, 11) is 0. The predicted molar refractivity (Wildman–Crippen MR) is 82.2 cm³/mol. The van der Waals surface area contributed by atoms with Crippen molar-refractivity contribution in [3.63, 3.8) is 0 Å². The number of hydrogen-bond donors (Lipinski definition) is 1. The van der Waals surface area contributed by atoms with E-state index in [0.29, 0.717) is 0 Å². The minimum Gasteiger partial charge on any atom is -0.459 e. The van der Waals surface area contributed by atoms with E-state index in [2.05, 4.69) is 22.3 Å². The van der Waals surface area contributed by atoms with Gasteiger partial charge in [0.25, 0.3) is 0 Å². The van der Waals surface area contributed by atoms with Gasteiger partial charge < -0.3 is 15.0 Å². The highest BCUT2D eigenvalue weighted by Gasteiger charge is 2.16. The summed E-state index contributed by atoms with van der Waals surface area (Å²) in [5, 5.41) is 3.09. The van der Waals surface area contributed by atoms with Gasteiger partial charge in [-0.1, -0.05) is 0 Å². The molecule has 1 aliphatic heterocycles. The molecule has 0 amide bonds. The van der Waals surface area contributed by atoms with E-state index in [-0.39, 0.29) is 12.5 Å². The third kappa shape index (κ3) is 4.44. The van der Waals surface area contributed by atoms with E-state index in [4.69, 9.17) is 4.74 Å². The van der Waals surface area contributed by atoms with Gasteiger partial charge >= 0.3 is 5.97 Å². The molecule has 1 aromatic rings. The van der Waals surface area contributed by atoms with Crippen LogP contribution in [0.4, 0.5) is 11.4 Å². The molecule has 0 bridgehead atoms. The topological polar surface area (TPSA) is 41.6 Å². The number of carbonyl (C=O) groups excluding carboxylic acids is 1. The maximum absolute atomic E-state index is 11.6. The van der Waals surface area contributed by atoms with Crippen LogP contribution in [0, 0.1) is 0 Å². The zero-order chi connectivity index (χ0) is 14.6. The monoisotopic (exact) mass is 276 g/mol. The molecule has 0 aliphatic carbocycles. The summed E-state index contributed by atoms with van der Waals surface area (Å²) in [6, 6.07) is 8.22. The van der Waals surface area contributed by atoms with Crippen LogP contribution in [-0.2, 0) is 9.53 Å². The maximum Gasteiger partial charge on any atom is 0.325 e. The van der Waals surface area contributed by atoms with Crippen LogP contribution in [0.3, 0.4) is 0 Å². The number of ether oxygens (including phenoxy) is 1. The normalized spacial score (nSPS) is 15.2. The van der Waals surface area contributed by atoms with E-state index in [1.54, 1.807) is 0 Å². The second-order valence-electron chi connectivity index (χ2n) is 6.18. The van der Waals surface area contributed by atoms with Crippen molar-refractivity contribution in [1.29, 1.82) is 0 Å². The highest BCUT2D eigenvalue weighted by atomic mass is 16.6. The molecule has 2 rings (SSSR count). The van der Waals surface area contributed by atoms with E-state index in [0.717, 1.165) is 18.8 Å². The molecular formula is C16H24N2O2. The third-order valence-electron chi connectivity index (χ3n) is 3.20. The lowest BCUT2D eigenvalue weighted by molar-refractivity contribution is -0.152. The van der Waals surface area contributed by atoms with Crippen LogP contribution in [0.5, 0.6) is 0 Å². The molecule has 1 aliphatic rings. The quantitative estimate of drug-likeness (QED) is 0.858. The molecule has 1 N–H and O–H groups in total. The van der Waals surface area contributed by atoms with Crippen molar-refractivity contribution in [2.24, 2.45) is 0 Å². The lowest BCUT2D eigenvalue weighted by atomic mass is 10.2. The van der Waals surface area contributed by atoms with Gasteiger partial charge in [0.15, 0.2) is 0 Å². The lowest BCUT2D eigenvalue weighted by Crippen LogP contribution is -2.28. The van der Waals surface area contributed by atoms with Crippen LogP contribution in [0.15, 0.2) is 24.3 Å². The first-order chi connectivity index (χ1) is 9.44. The summed E-state index contributed by atoms with van der Waals surface area (Å²) >= 11 is 0. The summed E-state index contributed by atoms with van der Waals surface area (Å²) in [6.45, 7) is 8.09. The second kappa shape index (κ2) is 6.16. The number of nitrogens with one attached hydrogen (secondary N) is 1. The van der Waals surface area contributed by atoms with Gasteiger partial charge in [-0.15, -0.1) is 0 Å². The molecule has 1 saturated heterocycles. The standard InChI is InChI=1S/C16H24N2O2/c1-16(2,3)20-15(19)12-17-13-6-8-14(9-7-13)18-10-4-5-11-18/h6-9,17H,4-5,10-12H2,1-3H3. The SMILES string of the molecule is CC(C)(C)OC(=O)CNc1ccc(N2CCCC2)cc1. The van der Waals surface area contributed by atoms with E-state index in [1.807, 2.05) is 32.9 Å². The van der Waals surface area contributed by atoms with Gasteiger partial charge in [-0.3, -0.25) is 4.79 Å². The Morgan fingerprint density at radius 3 is 2.35 bits per heavy atom. The molecule has 0 atom stereocenters. The van der Waals surface area contributed by atoms with Gasteiger partial charge in [0.2, 0.25) is 0 Å². The van der Waals surface area contributed by atoms with Crippen LogP contribution in [0.2, 0.25) is 0 Å². The molecule has 1 aromatic carbocycles. The van der Waals surface area contributed by atoms with Crippen molar-refractivity contribution >= 4 is 17.3 Å². The Morgan fingerprint density at radius 2 is 1.80 bits per heavy atom. The molecule has 4 nitrogen and oxygen atoms in total. The van der Waals surface area contributed by atoms with Crippen molar-refractivity contribution in [2.75, 3.05) is 29.9 Å². The lowest BCUT2D eigenvalue weighted by Gasteiger charge is -2.20. The Balaban J connectivity index is 1.83. The van der Waals surface area contributed by atoms with Crippen LogP contribution in [0.25, 0.3) is 0 Å². The Bertz CT molecular complexity index is 443. The van der Waals surface area contributed by atoms with Crippen molar-refractivity contribution in [3.05, 3.63) is 24.3 Å². The number of rotatable bonds is 4. The summed E-state index contributed by atoms with van der Waals surface area (Å²) in [4.78, 5) is 14.0. The molecule has 4 heteroatoms. The van der Waals surface area contributed by atoms with Crippen molar-refractivity contribution in [3.8, 4) is 0 Å². The minimum absolute atomic E-state index is 0.195. The molecule has 0 spiro atoms. The van der Waals surface area contributed by atoms with Gasteiger partial charge in [-0.05, 0) is 57.9 Å². The number of anilines is 2. The van der Waals surface area contributed by atoms with Crippen molar-refractivity contribution < 1.29 is 9.53 Å². The van der Waals surface area contributed by atoms with Gasteiger partial charge in [-0.2, -0.15) is 0 Å². The predicted octanol–water partition coefficient (Wildman–Crippen LogP) is 3.04. The summed E-state index contributed by atoms with van der Waals surface area (Å²) in [5.41, 5.74) is 1.77. The molecule has 110 valence electrons. The summed E-state index contributed by atoms with van der Waals surface area (Å²) < 4.78 is 5.25. The zero-order valence-corrected chi connectivity index (χ0v) is 12.6. The van der Waals surface area contributed by atoms with Gasteiger partial charge in [-0.25, -0.2) is 0 Å². The third-order valence-corrected chi connectivity index (χ3v) is 3.20. The molecule has 20 heavy (non-hydrogen) atoms. The average Bonchev–Trinajstić information content (AvgIpc) is 2.89. The number of nitrogens with zero attached hydrogens (tertiary/aromatic N) is 1. The van der Waals surface area contributed by atoms with E-state index in [1.165, 1.54) is 18.5 Å². The van der Waals surface area contributed by atoms with Crippen molar-refractivity contribution in [1.82, 2.24) is 0 Å². The summed E-state index contributed by atoms with van der Waals surface area (Å²) in [6.07, 6.45) is 2.55. The van der Waals surface area contributed by atoms with E-state index < -0.39 is 5.60 Å². The largest absolute Gasteiger partial charge is 0.459 e. The molecule has 1 heterocycles. The average molecular weight is 276 g/mol. The first-order valence-electron chi connectivity index (χ1n) is 7.25. The number of carbonyl (C=O) groups is 1. The van der Waals surface area contributed by atoms with Crippen LogP contribution in [0.1, 0.15) is 33.6 Å². The van der Waals surface area contributed by atoms with Crippen LogP contribution >= 0.6 is 0 Å². The first kappa shape index (κ1) is 14.7. The molecule has 0 saturated carbocycles. The van der Waals surface area contributed by atoms with E-state index in [9.17, 15) is 4.79 Å². The Hall–Kier alpha value is -1.71. The number of hydrogen-bond acceptors (Lipinski definition) is 4. The van der Waals surface area contributed by atoms with Crippen LogP contribution in [-0.4, -0.2) is 31.2 Å². The molecule has 0 unspecified atom stereocenters. The Morgan fingerprint density at radius 1 is 1.20 bits per heavy atom. The Kier molecular flexibility index (Phi) is 4.53. The first-order valence-corrected chi connectivity index (χ1v) is 7.25. The highest BCUT2D eigenvalue weighted by molar-refractivity contribution is 5.75. The minimum atomic E-state index is -0.432. The van der Waals surface area contributed by atoms with Gasteiger partial charge in [0, 0.05) is 24.5 Å². The fourth-order valence-electron chi connectivity index (χ4n) is 2.32. The maximum atomic E-state index is 11.6. The fraction of sp³-hybridized carbons (Fsp3) is 0.562. The van der Waals surface area contributed by atoms with Gasteiger partial charge in [0.1, 0.15) is 12.1 Å². The van der Waals surface area contributed by atoms with Gasteiger partial charge in [0.05, 0.1) is 0 Å². The smallest absolute Gasteiger partial charge is 0.325 e. The number of benzene rings is 1. The molecule has 0 aromatic heterocycles. The molecule has 0 radical (unpaired) electrons. The molecule has 1 fully saturated rings. The van der Waals surface area contributed by atoms with Crippen LogP contribution < -0.4 is 10.2 Å². The zero-order valence-electron chi connectivity index (χ0n) is 12.6. The second-order valence-corrected chi connectivity index (χ2v) is 6.18. The molecular weight excluding hydrogens is 252 g/mol. The van der Waals surface area contributed by atoms with E-state index >= 15 is 0 Å². The Labute approximate surface area is 121 Å². The number of esters is 1. The van der Waals surface area contributed by atoms with Crippen molar-refractivity contribution in [2.45, 2.75) is 39.2 Å². The fourth-order valence-corrected chi connectivity index (χ4v) is 2.32. The highest BCUT2D eigenvalue weighted by Crippen LogP contribution is 2.21.